The fraction of sp³-hybridized carbons (Fsp3) is 0.786. The van der Waals surface area contributed by atoms with Crippen molar-refractivity contribution in [2.75, 3.05) is 6.54 Å². The average Bonchev–Trinajstić information content (AvgIpc) is 2.36. The molecule has 132 valence electrons. The molecule has 1 amide bonds. The summed E-state index contributed by atoms with van der Waals surface area (Å²) in [5, 5.41) is 18.6. The summed E-state index contributed by atoms with van der Waals surface area (Å²) >= 11 is 0. The minimum Gasteiger partial charge on any atom is -0.481 e. The summed E-state index contributed by atoms with van der Waals surface area (Å²) in [7, 11) is 0. The zero-order valence-electron chi connectivity index (χ0n) is 13.2. The Labute approximate surface area is 132 Å². The number of carbonyl (C=O) groups is 3. The first-order chi connectivity index (χ1) is 10.3. The summed E-state index contributed by atoms with van der Waals surface area (Å²) in [5.41, 5.74) is -0.904. The number of esters is 1. The Morgan fingerprint density at radius 2 is 2.00 bits per heavy atom. The molecule has 1 aliphatic rings. The van der Waals surface area contributed by atoms with E-state index in [2.05, 4.69) is 0 Å². The summed E-state index contributed by atoms with van der Waals surface area (Å²) in [5.74, 6) is -8.28. The van der Waals surface area contributed by atoms with E-state index < -0.39 is 67.3 Å². The SMILES string of the molecule is CC(C)(C)OC(=O)[C@@H](CCN1C(=O)CCC(F)(F)[C@@H]1O)C(=O)O. The topological polar surface area (TPSA) is 104 Å². The Morgan fingerprint density at radius 1 is 1.43 bits per heavy atom. The summed E-state index contributed by atoms with van der Waals surface area (Å²) in [6.45, 7) is 4.19. The molecular formula is C14H21F2NO6. The van der Waals surface area contributed by atoms with E-state index in [1.165, 1.54) is 0 Å². The van der Waals surface area contributed by atoms with E-state index in [-0.39, 0.29) is 0 Å². The zero-order chi connectivity index (χ0) is 18.0. The van der Waals surface area contributed by atoms with Gasteiger partial charge in [-0.3, -0.25) is 14.4 Å². The third-order valence-electron chi connectivity index (χ3n) is 3.31. The maximum atomic E-state index is 13.4. The number of alkyl halides is 2. The summed E-state index contributed by atoms with van der Waals surface area (Å²) in [6.07, 6.45) is -3.97. The van der Waals surface area contributed by atoms with Gasteiger partial charge in [0.2, 0.25) is 5.91 Å². The van der Waals surface area contributed by atoms with Crippen LogP contribution in [0.2, 0.25) is 0 Å². The maximum absolute atomic E-state index is 13.4. The minimum atomic E-state index is -3.46. The first-order valence-electron chi connectivity index (χ1n) is 7.16. The van der Waals surface area contributed by atoms with Crippen LogP contribution in [0.4, 0.5) is 8.78 Å². The van der Waals surface area contributed by atoms with Gasteiger partial charge >= 0.3 is 11.9 Å². The molecule has 0 unspecified atom stereocenters. The van der Waals surface area contributed by atoms with Crippen molar-refractivity contribution in [2.24, 2.45) is 5.92 Å². The van der Waals surface area contributed by atoms with Crippen LogP contribution in [0, 0.1) is 5.92 Å². The highest BCUT2D eigenvalue weighted by Gasteiger charge is 2.48. The van der Waals surface area contributed by atoms with Crippen molar-refractivity contribution in [1.82, 2.24) is 4.90 Å². The van der Waals surface area contributed by atoms with Crippen molar-refractivity contribution < 1.29 is 38.1 Å². The van der Waals surface area contributed by atoms with E-state index in [0.717, 1.165) is 0 Å². The lowest BCUT2D eigenvalue weighted by atomic mass is 10.0. The van der Waals surface area contributed by atoms with Gasteiger partial charge in [0.25, 0.3) is 5.92 Å². The second kappa shape index (κ2) is 6.77. The third-order valence-corrected chi connectivity index (χ3v) is 3.31. The van der Waals surface area contributed by atoms with Gasteiger partial charge < -0.3 is 19.8 Å². The number of halogens is 2. The van der Waals surface area contributed by atoms with Crippen LogP contribution in [-0.2, 0) is 19.1 Å². The number of aliphatic hydroxyl groups excluding tert-OH is 1. The van der Waals surface area contributed by atoms with E-state index in [4.69, 9.17) is 9.84 Å². The van der Waals surface area contributed by atoms with Gasteiger partial charge in [0.15, 0.2) is 12.1 Å². The molecule has 0 aromatic heterocycles. The zero-order valence-corrected chi connectivity index (χ0v) is 13.2. The Morgan fingerprint density at radius 3 is 2.48 bits per heavy atom. The lowest BCUT2D eigenvalue weighted by molar-refractivity contribution is -0.205. The number of rotatable bonds is 5. The van der Waals surface area contributed by atoms with Gasteiger partial charge in [-0.2, -0.15) is 0 Å². The molecule has 0 aromatic carbocycles. The Kier molecular flexibility index (Phi) is 5.68. The van der Waals surface area contributed by atoms with E-state index in [9.17, 15) is 28.3 Å². The lowest BCUT2D eigenvalue weighted by Gasteiger charge is -2.37. The molecule has 1 heterocycles. The average molecular weight is 337 g/mol. The number of hydrogen-bond donors (Lipinski definition) is 2. The maximum Gasteiger partial charge on any atom is 0.320 e. The first kappa shape index (κ1) is 19.3. The van der Waals surface area contributed by atoms with Crippen LogP contribution in [0.5, 0.6) is 0 Å². The van der Waals surface area contributed by atoms with E-state index in [0.29, 0.717) is 4.90 Å². The number of amides is 1. The second-order valence-corrected chi connectivity index (χ2v) is 6.43. The molecular weight excluding hydrogens is 316 g/mol. The normalized spacial score (nSPS) is 22.6. The molecule has 7 nitrogen and oxygen atoms in total. The fourth-order valence-corrected chi connectivity index (χ4v) is 2.14. The van der Waals surface area contributed by atoms with Crippen molar-refractivity contribution >= 4 is 17.8 Å². The smallest absolute Gasteiger partial charge is 0.320 e. The van der Waals surface area contributed by atoms with Crippen LogP contribution >= 0.6 is 0 Å². The van der Waals surface area contributed by atoms with Crippen molar-refractivity contribution in [3.05, 3.63) is 0 Å². The van der Waals surface area contributed by atoms with Gasteiger partial charge in [0, 0.05) is 19.4 Å². The summed E-state index contributed by atoms with van der Waals surface area (Å²) in [6, 6.07) is 0. The van der Waals surface area contributed by atoms with Crippen LogP contribution in [0.1, 0.15) is 40.0 Å². The number of piperidine rings is 1. The molecule has 0 spiro atoms. The monoisotopic (exact) mass is 337 g/mol. The molecule has 0 saturated carbocycles. The van der Waals surface area contributed by atoms with Gasteiger partial charge in [-0.15, -0.1) is 0 Å². The molecule has 1 saturated heterocycles. The molecule has 1 aliphatic heterocycles. The Bertz CT molecular complexity index is 488. The Hall–Kier alpha value is -1.77. The van der Waals surface area contributed by atoms with Gasteiger partial charge in [-0.25, -0.2) is 8.78 Å². The van der Waals surface area contributed by atoms with Crippen molar-refractivity contribution in [3.63, 3.8) is 0 Å². The van der Waals surface area contributed by atoms with E-state index in [1.807, 2.05) is 0 Å². The number of ether oxygens (including phenoxy) is 1. The number of likely N-dealkylation sites (tertiary alicyclic amines) is 1. The molecule has 1 rings (SSSR count). The molecule has 0 radical (unpaired) electrons. The van der Waals surface area contributed by atoms with Crippen LogP contribution in [0.15, 0.2) is 0 Å². The molecule has 2 N–H and O–H groups in total. The van der Waals surface area contributed by atoms with Gasteiger partial charge in [0.05, 0.1) is 0 Å². The molecule has 1 fully saturated rings. The Balaban J connectivity index is 2.77. The van der Waals surface area contributed by atoms with Crippen LogP contribution in [0.3, 0.4) is 0 Å². The molecule has 2 atom stereocenters. The van der Waals surface area contributed by atoms with Crippen LogP contribution in [-0.4, -0.2) is 57.3 Å². The van der Waals surface area contributed by atoms with E-state index in [1.54, 1.807) is 20.8 Å². The molecule has 23 heavy (non-hydrogen) atoms. The van der Waals surface area contributed by atoms with Crippen molar-refractivity contribution in [3.8, 4) is 0 Å². The quantitative estimate of drug-likeness (QED) is 0.573. The van der Waals surface area contributed by atoms with Crippen LogP contribution in [0.25, 0.3) is 0 Å². The molecule has 0 bridgehead atoms. The molecule has 9 heteroatoms. The highest BCUT2D eigenvalue weighted by Crippen LogP contribution is 2.32. The van der Waals surface area contributed by atoms with Gasteiger partial charge in [-0.05, 0) is 27.2 Å². The highest BCUT2D eigenvalue weighted by molar-refractivity contribution is 5.94. The molecule has 0 aliphatic carbocycles. The number of carbonyl (C=O) groups excluding carboxylic acids is 2. The largest absolute Gasteiger partial charge is 0.481 e. The van der Waals surface area contributed by atoms with Crippen molar-refractivity contribution in [1.29, 1.82) is 0 Å². The lowest BCUT2D eigenvalue weighted by Crippen LogP contribution is -2.55. The van der Waals surface area contributed by atoms with Gasteiger partial charge in [0.1, 0.15) is 5.60 Å². The summed E-state index contributed by atoms with van der Waals surface area (Å²) in [4.78, 5) is 35.2. The van der Waals surface area contributed by atoms with Crippen molar-refractivity contribution in [2.45, 2.75) is 57.8 Å². The van der Waals surface area contributed by atoms with E-state index >= 15 is 0 Å². The number of carboxylic acids is 1. The number of carboxylic acid groups (broad SMARTS) is 1. The predicted octanol–water partition coefficient (Wildman–Crippen LogP) is 0.995. The minimum absolute atomic E-state index is 0.427. The number of hydrogen-bond acceptors (Lipinski definition) is 5. The first-order valence-corrected chi connectivity index (χ1v) is 7.16. The molecule has 0 aromatic rings. The highest BCUT2D eigenvalue weighted by atomic mass is 19.3. The number of aliphatic carboxylic acids is 1. The number of nitrogens with zero attached hydrogens (tertiary/aromatic N) is 1. The number of aliphatic hydroxyl groups is 1. The summed E-state index contributed by atoms with van der Waals surface area (Å²) < 4.78 is 31.8. The third kappa shape index (κ3) is 5.12. The fourth-order valence-electron chi connectivity index (χ4n) is 2.14. The standard InChI is InChI=1S/C14H21F2NO6/c1-13(2,3)23-11(21)8(10(19)20)5-7-17-9(18)4-6-14(15,16)12(17)22/h8,12,22H,4-7H2,1-3H3,(H,19,20)/t8-,12-/m0/s1. The second-order valence-electron chi connectivity index (χ2n) is 6.43. The van der Waals surface area contributed by atoms with Crippen LogP contribution < -0.4 is 0 Å². The van der Waals surface area contributed by atoms with Gasteiger partial charge in [-0.1, -0.05) is 0 Å². The predicted molar refractivity (Wildman–Crippen MR) is 73.5 cm³/mol.